The first-order chi connectivity index (χ1) is 13.5. The first-order valence-electron chi connectivity index (χ1n) is 8.34. The van der Waals surface area contributed by atoms with Gasteiger partial charge in [-0.15, -0.1) is 0 Å². The number of rotatable bonds is 7. The van der Waals surface area contributed by atoms with Crippen molar-refractivity contribution in [3.05, 3.63) is 70.5 Å². The maximum atomic E-state index is 12.3. The average Bonchev–Trinajstić information content (AvgIpc) is 3.16. The highest BCUT2D eigenvalue weighted by Crippen LogP contribution is 2.26. The van der Waals surface area contributed by atoms with E-state index in [9.17, 15) is 14.9 Å². The molecule has 0 spiro atoms. The summed E-state index contributed by atoms with van der Waals surface area (Å²) in [6.45, 7) is 1.61. The Labute approximate surface area is 165 Å². The number of imidazole rings is 1. The number of carbonyl (C=O) groups is 1. The zero-order valence-corrected chi connectivity index (χ0v) is 16.1. The number of anilines is 1. The Morgan fingerprint density at radius 1 is 1.29 bits per heavy atom. The lowest BCUT2D eigenvalue weighted by molar-refractivity contribution is -0.385. The van der Waals surface area contributed by atoms with Gasteiger partial charge in [0.15, 0.2) is 5.16 Å². The molecule has 28 heavy (non-hydrogen) atoms. The van der Waals surface area contributed by atoms with Crippen LogP contribution in [0.2, 0.25) is 0 Å². The molecular weight excluding hydrogens is 380 g/mol. The van der Waals surface area contributed by atoms with E-state index in [0.29, 0.717) is 16.4 Å². The lowest BCUT2D eigenvalue weighted by Crippen LogP contribution is -2.15. The van der Waals surface area contributed by atoms with Crippen LogP contribution in [0.5, 0.6) is 5.75 Å². The number of nitro benzene ring substituents is 1. The minimum atomic E-state index is -0.467. The molecule has 0 unspecified atom stereocenters. The Kier molecular flexibility index (Phi) is 5.95. The monoisotopic (exact) mass is 398 g/mol. The Morgan fingerprint density at radius 2 is 2.04 bits per heavy atom. The first-order valence-corrected chi connectivity index (χ1v) is 9.32. The second-order valence-corrected chi connectivity index (χ2v) is 6.76. The van der Waals surface area contributed by atoms with Crippen molar-refractivity contribution < 1.29 is 14.5 Å². The van der Waals surface area contributed by atoms with Crippen LogP contribution in [0.3, 0.4) is 0 Å². The molecule has 3 rings (SSSR count). The van der Waals surface area contributed by atoms with Gasteiger partial charge in [-0.05, 0) is 37.3 Å². The fourth-order valence-electron chi connectivity index (χ4n) is 2.61. The molecule has 0 atom stereocenters. The lowest BCUT2D eigenvalue weighted by atomic mass is 10.1. The molecule has 0 aliphatic rings. The van der Waals surface area contributed by atoms with E-state index in [2.05, 4.69) is 10.3 Å². The largest absolute Gasteiger partial charge is 0.497 e. The SMILES string of the molecule is COc1ccc(-n2ccnc2SCC(=O)Nc2cccc([N+](=O)[O-])c2C)cc1. The summed E-state index contributed by atoms with van der Waals surface area (Å²) in [6.07, 6.45) is 3.47. The maximum absolute atomic E-state index is 12.3. The average molecular weight is 398 g/mol. The molecule has 3 aromatic rings. The predicted molar refractivity (Wildman–Crippen MR) is 107 cm³/mol. The molecule has 8 nitrogen and oxygen atoms in total. The van der Waals surface area contributed by atoms with Gasteiger partial charge < -0.3 is 10.1 Å². The molecule has 0 aliphatic heterocycles. The summed E-state index contributed by atoms with van der Waals surface area (Å²) in [7, 11) is 1.61. The molecule has 0 radical (unpaired) electrons. The normalized spacial score (nSPS) is 10.5. The van der Waals surface area contributed by atoms with E-state index in [0.717, 1.165) is 11.4 Å². The van der Waals surface area contributed by atoms with Gasteiger partial charge in [0.25, 0.3) is 5.69 Å². The van der Waals surface area contributed by atoms with Crippen molar-refractivity contribution >= 4 is 29.0 Å². The van der Waals surface area contributed by atoms with Gasteiger partial charge in [-0.25, -0.2) is 4.98 Å². The van der Waals surface area contributed by atoms with Crippen molar-refractivity contribution in [2.24, 2.45) is 0 Å². The van der Waals surface area contributed by atoms with Crippen molar-refractivity contribution in [2.75, 3.05) is 18.2 Å². The summed E-state index contributed by atoms with van der Waals surface area (Å²) < 4.78 is 7.03. The number of ether oxygens (including phenoxy) is 1. The molecule has 0 fully saturated rings. The number of aromatic nitrogens is 2. The zero-order chi connectivity index (χ0) is 20.1. The summed E-state index contributed by atoms with van der Waals surface area (Å²) in [4.78, 5) is 27.2. The molecule has 0 aliphatic carbocycles. The minimum absolute atomic E-state index is 0.0273. The highest BCUT2D eigenvalue weighted by atomic mass is 32.2. The van der Waals surface area contributed by atoms with E-state index in [4.69, 9.17) is 4.74 Å². The van der Waals surface area contributed by atoms with Gasteiger partial charge in [-0.3, -0.25) is 19.5 Å². The van der Waals surface area contributed by atoms with Crippen molar-refractivity contribution in [1.29, 1.82) is 0 Å². The number of methoxy groups -OCH3 is 1. The summed E-state index contributed by atoms with van der Waals surface area (Å²) in [5, 5.41) is 14.4. The third-order valence-corrected chi connectivity index (χ3v) is 5.03. The zero-order valence-electron chi connectivity index (χ0n) is 15.3. The van der Waals surface area contributed by atoms with E-state index >= 15 is 0 Å². The van der Waals surface area contributed by atoms with Crippen LogP contribution in [-0.2, 0) is 4.79 Å². The Bertz CT molecular complexity index is 1000. The summed E-state index contributed by atoms with van der Waals surface area (Å²) in [6, 6.07) is 12.1. The summed E-state index contributed by atoms with van der Waals surface area (Å²) in [5.41, 5.74) is 1.72. The lowest BCUT2D eigenvalue weighted by Gasteiger charge is -2.10. The quantitative estimate of drug-likeness (QED) is 0.369. The van der Waals surface area contributed by atoms with Crippen LogP contribution in [0.1, 0.15) is 5.56 Å². The molecule has 144 valence electrons. The molecule has 0 saturated carbocycles. The molecule has 0 bridgehead atoms. The number of amides is 1. The molecule has 9 heteroatoms. The number of thioether (sulfide) groups is 1. The molecule has 2 aromatic carbocycles. The molecule has 1 aromatic heterocycles. The van der Waals surface area contributed by atoms with E-state index < -0.39 is 4.92 Å². The number of nitrogens with one attached hydrogen (secondary N) is 1. The fourth-order valence-corrected chi connectivity index (χ4v) is 3.38. The number of carbonyl (C=O) groups excluding carboxylic acids is 1. The Balaban J connectivity index is 1.67. The topological polar surface area (TPSA) is 99.3 Å². The van der Waals surface area contributed by atoms with Crippen molar-refractivity contribution in [3.63, 3.8) is 0 Å². The fraction of sp³-hybridized carbons (Fsp3) is 0.158. The van der Waals surface area contributed by atoms with Crippen LogP contribution in [-0.4, -0.2) is 33.2 Å². The van der Waals surface area contributed by atoms with E-state index in [-0.39, 0.29) is 17.3 Å². The smallest absolute Gasteiger partial charge is 0.274 e. The van der Waals surface area contributed by atoms with Gasteiger partial charge in [0, 0.05) is 24.1 Å². The third-order valence-electron chi connectivity index (χ3n) is 4.07. The number of hydrogen-bond donors (Lipinski definition) is 1. The molecule has 1 heterocycles. The van der Waals surface area contributed by atoms with Crippen LogP contribution < -0.4 is 10.1 Å². The van der Waals surface area contributed by atoms with Gasteiger partial charge in [0.05, 0.1) is 29.0 Å². The standard InChI is InChI=1S/C19H18N4O4S/c1-13-16(4-3-5-17(13)23(25)26)21-18(24)12-28-19-20-10-11-22(19)14-6-8-15(27-2)9-7-14/h3-11H,12H2,1-2H3,(H,21,24). The van der Waals surface area contributed by atoms with Crippen LogP contribution >= 0.6 is 11.8 Å². The first kappa shape index (κ1) is 19.4. The van der Waals surface area contributed by atoms with Crippen LogP contribution in [0.15, 0.2) is 60.0 Å². The van der Waals surface area contributed by atoms with Gasteiger partial charge in [0.2, 0.25) is 5.91 Å². The van der Waals surface area contributed by atoms with Crippen molar-refractivity contribution in [3.8, 4) is 11.4 Å². The molecule has 0 saturated heterocycles. The van der Waals surface area contributed by atoms with Crippen LogP contribution in [0.4, 0.5) is 11.4 Å². The summed E-state index contributed by atoms with van der Waals surface area (Å²) >= 11 is 1.28. The van der Waals surface area contributed by atoms with E-state index in [1.165, 1.54) is 17.8 Å². The number of nitrogens with zero attached hydrogens (tertiary/aromatic N) is 3. The van der Waals surface area contributed by atoms with Crippen molar-refractivity contribution in [1.82, 2.24) is 9.55 Å². The molecule has 1 N–H and O–H groups in total. The third kappa shape index (κ3) is 4.32. The predicted octanol–water partition coefficient (Wildman–Crippen LogP) is 3.83. The highest BCUT2D eigenvalue weighted by molar-refractivity contribution is 7.99. The minimum Gasteiger partial charge on any atom is -0.497 e. The van der Waals surface area contributed by atoms with Crippen LogP contribution in [0, 0.1) is 17.0 Å². The summed E-state index contributed by atoms with van der Waals surface area (Å²) in [5.74, 6) is 0.609. The van der Waals surface area contributed by atoms with Gasteiger partial charge >= 0.3 is 0 Å². The van der Waals surface area contributed by atoms with E-state index in [1.54, 1.807) is 32.4 Å². The van der Waals surface area contributed by atoms with E-state index in [1.807, 2.05) is 35.0 Å². The Morgan fingerprint density at radius 3 is 2.71 bits per heavy atom. The highest BCUT2D eigenvalue weighted by Gasteiger charge is 2.15. The number of benzene rings is 2. The van der Waals surface area contributed by atoms with Gasteiger partial charge in [0.1, 0.15) is 5.75 Å². The van der Waals surface area contributed by atoms with Crippen LogP contribution in [0.25, 0.3) is 5.69 Å². The second-order valence-electron chi connectivity index (χ2n) is 5.82. The second kappa shape index (κ2) is 8.57. The van der Waals surface area contributed by atoms with Crippen molar-refractivity contribution in [2.45, 2.75) is 12.1 Å². The number of nitro groups is 1. The van der Waals surface area contributed by atoms with Gasteiger partial charge in [-0.2, -0.15) is 0 Å². The maximum Gasteiger partial charge on any atom is 0.274 e. The molecular formula is C19H18N4O4S. The number of hydrogen-bond acceptors (Lipinski definition) is 6. The van der Waals surface area contributed by atoms with Gasteiger partial charge in [-0.1, -0.05) is 17.8 Å². The Hall–Kier alpha value is -3.33. The molecule has 1 amide bonds.